The van der Waals surface area contributed by atoms with Gasteiger partial charge in [0, 0.05) is 19.0 Å². The highest BCUT2D eigenvalue weighted by molar-refractivity contribution is 5.94. The summed E-state index contributed by atoms with van der Waals surface area (Å²) in [5.74, 6) is 0.491. The number of hydrogen-bond donors (Lipinski definition) is 2. The number of halogens is 3. The number of nitrogens with zero attached hydrogens (tertiary/aromatic N) is 2. The first-order chi connectivity index (χ1) is 14.7. The quantitative estimate of drug-likeness (QED) is 0.557. The van der Waals surface area contributed by atoms with E-state index in [-0.39, 0.29) is 13.2 Å². The summed E-state index contributed by atoms with van der Waals surface area (Å²) in [4.78, 5) is 16.3. The maximum atomic E-state index is 12.2. The van der Waals surface area contributed by atoms with Crippen molar-refractivity contribution in [2.45, 2.75) is 26.0 Å². The zero-order valence-corrected chi connectivity index (χ0v) is 16.2. The number of nitrogens with one attached hydrogen (secondary N) is 1. The second kappa shape index (κ2) is 9.47. The number of aliphatic hydroxyl groups is 1. The number of carbonyl (C=O) groups excluding carboxylic acids is 1. The SMILES string of the molecule is Cc1nc(COc2ccc(C(=O)NCC(O)c3ccc(OC(F)(F)F)cc3)cc2)no1. The maximum Gasteiger partial charge on any atom is 0.573 e. The molecule has 2 aromatic carbocycles. The smallest absolute Gasteiger partial charge is 0.485 e. The fourth-order valence-corrected chi connectivity index (χ4v) is 2.55. The third kappa shape index (κ3) is 6.71. The Morgan fingerprint density at radius 1 is 1.13 bits per heavy atom. The molecule has 31 heavy (non-hydrogen) atoms. The monoisotopic (exact) mass is 437 g/mol. The van der Waals surface area contributed by atoms with Crippen LogP contribution in [0.2, 0.25) is 0 Å². The molecule has 11 heteroatoms. The van der Waals surface area contributed by atoms with Crippen LogP contribution in [0, 0.1) is 6.92 Å². The number of carbonyl (C=O) groups is 1. The topological polar surface area (TPSA) is 107 Å². The first kappa shape index (κ1) is 22.1. The molecule has 164 valence electrons. The van der Waals surface area contributed by atoms with Gasteiger partial charge in [0.05, 0.1) is 6.10 Å². The number of aliphatic hydroxyl groups excluding tert-OH is 1. The molecule has 0 aliphatic carbocycles. The lowest BCUT2D eigenvalue weighted by Gasteiger charge is -2.14. The van der Waals surface area contributed by atoms with Gasteiger partial charge < -0.3 is 24.4 Å². The molecule has 8 nitrogen and oxygen atoms in total. The van der Waals surface area contributed by atoms with Crippen LogP contribution in [0.5, 0.6) is 11.5 Å². The zero-order chi connectivity index (χ0) is 22.4. The third-order valence-electron chi connectivity index (χ3n) is 4.01. The lowest BCUT2D eigenvalue weighted by molar-refractivity contribution is -0.274. The van der Waals surface area contributed by atoms with Crippen molar-refractivity contribution >= 4 is 5.91 Å². The molecular weight excluding hydrogens is 419 g/mol. The Bertz CT molecular complexity index is 1000. The van der Waals surface area contributed by atoms with Crippen molar-refractivity contribution in [3.63, 3.8) is 0 Å². The Kier molecular flexibility index (Phi) is 6.75. The van der Waals surface area contributed by atoms with E-state index >= 15 is 0 Å². The van der Waals surface area contributed by atoms with Crippen molar-refractivity contribution in [2.75, 3.05) is 6.54 Å². The standard InChI is InChI=1S/C20H18F3N3O5/c1-12-25-18(26-31-12)11-29-15-6-4-14(5-7-15)19(28)24-10-17(27)13-2-8-16(9-3-13)30-20(21,22)23/h2-9,17,27H,10-11H2,1H3,(H,24,28). The fourth-order valence-electron chi connectivity index (χ4n) is 2.55. The van der Waals surface area contributed by atoms with Crippen molar-refractivity contribution in [1.82, 2.24) is 15.5 Å². The van der Waals surface area contributed by atoms with Crippen LogP contribution in [0.1, 0.15) is 33.7 Å². The molecule has 0 aliphatic rings. The second-order valence-electron chi connectivity index (χ2n) is 6.39. The zero-order valence-electron chi connectivity index (χ0n) is 16.2. The Labute approximate surface area is 174 Å². The van der Waals surface area contributed by atoms with Gasteiger partial charge >= 0.3 is 6.36 Å². The molecule has 3 aromatic rings. The molecule has 0 bridgehead atoms. The minimum Gasteiger partial charge on any atom is -0.485 e. The van der Waals surface area contributed by atoms with Gasteiger partial charge in [0.1, 0.15) is 11.5 Å². The first-order valence-corrected chi connectivity index (χ1v) is 9.03. The molecule has 1 unspecified atom stereocenters. The van der Waals surface area contributed by atoms with Crippen molar-refractivity contribution in [2.24, 2.45) is 0 Å². The molecule has 1 atom stereocenters. The van der Waals surface area contributed by atoms with E-state index in [0.717, 1.165) is 12.1 Å². The molecule has 1 aromatic heterocycles. The number of aryl methyl sites for hydroxylation is 1. The molecule has 1 amide bonds. The van der Waals surface area contributed by atoms with E-state index in [1.807, 2.05) is 0 Å². The highest BCUT2D eigenvalue weighted by Gasteiger charge is 2.31. The average Bonchev–Trinajstić information content (AvgIpc) is 3.15. The van der Waals surface area contributed by atoms with Crippen molar-refractivity contribution in [3.8, 4) is 11.5 Å². The molecule has 0 saturated carbocycles. The van der Waals surface area contributed by atoms with E-state index in [2.05, 4.69) is 20.2 Å². The van der Waals surface area contributed by atoms with Crippen LogP contribution in [-0.4, -0.2) is 34.1 Å². The average molecular weight is 437 g/mol. The van der Waals surface area contributed by atoms with Gasteiger partial charge in [-0.3, -0.25) is 4.79 Å². The van der Waals surface area contributed by atoms with E-state index in [0.29, 0.717) is 28.6 Å². The Hall–Kier alpha value is -3.60. The van der Waals surface area contributed by atoms with Gasteiger partial charge in [-0.05, 0) is 42.0 Å². The van der Waals surface area contributed by atoms with Crippen molar-refractivity contribution in [1.29, 1.82) is 0 Å². The van der Waals surface area contributed by atoms with Gasteiger partial charge in [-0.2, -0.15) is 4.98 Å². The maximum absolute atomic E-state index is 12.2. The van der Waals surface area contributed by atoms with E-state index in [4.69, 9.17) is 9.26 Å². The number of hydrogen-bond acceptors (Lipinski definition) is 7. The Balaban J connectivity index is 1.48. The van der Waals surface area contributed by atoms with Crippen LogP contribution in [-0.2, 0) is 6.61 Å². The third-order valence-corrected chi connectivity index (χ3v) is 4.01. The van der Waals surface area contributed by atoms with Crippen LogP contribution in [0.4, 0.5) is 13.2 Å². The second-order valence-corrected chi connectivity index (χ2v) is 6.39. The lowest BCUT2D eigenvalue weighted by Crippen LogP contribution is -2.28. The highest BCUT2D eigenvalue weighted by atomic mass is 19.4. The summed E-state index contributed by atoms with van der Waals surface area (Å²) in [5.41, 5.74) is 0.666. The van der Waals surface area contributed by atoms with Crippen LogP contribution >= 0.6 is 0 Å². The fraction of sp³-hybridized carbons (Fsp3) is 0.250. The summed E-state index contributed by atoms with van der Waals surface area (Å²) in [5, 5.41) is 16.4. The molecule has 2 N–H and O–H groups in total. The number of amides is 1. The lowest BCUT2D eigenvalue weighted by atomic mass is 10.1. The van der Waals surface area contributed by atoms with Crippen LogP contribution in [0.3, 0.4) is 0 Å². The Morgan fingerprint density at radius 3 is 2.35 bits per heavy atom. The summed E-state index contributed by atoms with van der Waals surface area (Å²) in [6.45, 7) is 1.65. The Morgan fingerprint density at radius 2 is 1.77 bits per heavy atom. The number of ether oxygens (including phenoxy) is 2. The molecule has 1 heterocycles. The van der Waals surface area contributed by atoms with E-state index < -0.39 is 24.1 Å². The molecule has 0 fully saturated rings. The summed E-state index contributed by atoms with van der Waals surface area (Å²) >= 11 is 0. The van der Waals surface area contributed by atoms with E-state index in [1.54, 1.807) is 31.2 Å². The van der Waals surface area contributed by atoms with E-state index in [9.17, 15) is 23.1 Å². The van der Waals surface area contributed by atoms with E-state index in [1.165, 1.54) is 12.1 Å². The van der Waals surface area contributed by atoms with Crippen molar-refractivity contribution in [3.05, 3.63) is 71.4 Å². The van der Waals surface area contributed by atoms with Crippen LogP contribution in [0.25, 0.3) is 0 Å². The predicted molar refractivity (Wildman–Crippen MR) is 100 cm³/mol. The van der Waals surface area contributed by atoms with Gasteiger partial charge in [0.2, 0.25) is 11.7 Å². The molecule has 0 radical (unpaired) electrons. The highest BCUT2D eigenvalue weighted by Crippen LogP contribution is 2.24. The first-order valence-electron chi connectivity index (χ1n) is 9.03. The molecule has 0 spiro atoms. The summed E-state index contributed by atoms with van der Waals surface area (Å²) in [6, 6.07) is 11.0. The van der Waals surface area contributed by atoms with Gasteiger partial charge in [-0.15, -0.1) is 13.2 Å². The van der Waals surface area contributed by atoms with Crippen molar-refractivity contribution < 1.29 is 37.1 Å². The van der Waals surface area contributed by atoms with Gasteiger partial charge in [-0.25, -0.2) is 0 Å². The van der Waals surface area contributed by atoms with Crippen LogP contribution in [0.15, 0.2) is 53.1 Å². The predicted octanol–water partition coefficient (Wildman–Crippen LogP) is 3.32. The molecule has 0 aliphatic heterocycles. The van der Waals surface area contributed by atoms with Gasteiger partial charge in [0.15, 0.2) is 6.61 Å². The van der Waals surface area contributed by atoms with Gasteiger partial charge in [0.25, 0.3) is 5.91 Å². The summed E-state index contributed by atoms with van der Waals surface area (Å²) in [6.07, 6.45) is -5.90. The minimum atomic E-state index is -4.79. The summed E-state index contributed by atoms with van der Waals surface area (Å²) in [7, 11) is 0. The number of alkyl halides is 3. The molecular formula is C20H18F3N3O5. The van der Waals surface area contributed by atoms with Gasteiger partial charge in [-0.1, -0.05) is 17.3 Å². The normalized spacial score (nSPS) is 12.3. The number of benzene rings is 2. The number of aromatic nitrogens is 2. The summed E-state index contributed by atoms with van der Waals surface area (Å²) < 4.78 is 50.7. The largest absolute Gasteiger partial charge is 0.573 e. The van der Waals surface area contributed by atoms with Crippen LogP contribution < -0.4 is 14.8 Å². The minimum absolute atomic E-state index is 0.113. The number of rotatable bonds is 8. The molecule has 3 rings (SSSR count). The molecule has 0 saturated heterocycles.